The van der Waals surface area contributed by atoms with Gasteiger partial charge >= 0.3 is 0 Å². The van der Waals surface area contributed by atoms with Crippen molar-refractivity contribution >= 4 is 17.5 Å². The summed E-state index contributed by atoms with van der Waals surface area (Å²) >= 11 is 6.06. The molecule has 1 aromatic heterocycles. The van der Waals surface area contributed by atoms with Crippen molar-refractivity contribution < 1.29 is 4.79 Å². The van der Waals surface area contributed by atoms with Crippen LogP contribution in [0.1, 0.15) is 40.4 Å². The number of hydrogen-bond donors (Lipinski definition) is 1. The number of pyridine rings is 1. The molecule has 0 aliphatic heterocycles. The molecule has 1 unspecified atom stereocenters. The van der Waals surface area contributed by atoms with Gasteiger partial charge in [-0.1, -0.05) is 72.3 Å². The lowest BCUT2D eigenvalue weighted by atomic mass is 9.98. The maximum absolute atomic E-state index is 12.6. The van der Waals surface area contributed by atoms with Gasteiger partial charge in [-0.05, 0) is 42.5 Å². The van der Waals surface area contributed by atoms with Crippen LogP contribution in [-0.4, -0.2) is 10.9 Å². The van der Waals surface area contributed by atoms with Crippen LogP contribution in [0.15, 0.2) is 79.0 Å². The van der Waals surface area contributed by atoms with Gasteiger partial charge in [-0.15, -0.1) is 0 Å². The molecule has 3 rings (SSSR count). The predicted molar refractivity (Wildman–Crippen MR) is 105 cm³/mol. The van der Waals surface area contributed by atoms with Crippen molar-refractivity contribution in [2.75, 3.05) is 0 Å². The van der Waals surface area contributed by atoms with Crippen LogP contribution in [0.25, 0.3) is 0 Å². The van der Waals surface area contributed by atoms with Crippen LogP contribution in [0, 0.1) is 0 Å². The Morgan fingerprint density at radius 2 is 1.65 bits per heavy atom. The van der Waals surface area contributed by atoms with E-state index in [9.17, 15) is 4.79 Å². The Morgan fingerprint density at radius 3 is 2.35 bits per heavy atom. The Morgan fingerprint density at radius 1 is 0.962 bits per heavy atom. The smallest absolute Gasteiger partial charge is 0.254 e. The van der Waals surface area contributed by atoms with Crippen LogP contribution in [0.2, 0.25) is 5.15 Å². The number of nitrogens with one attached hydrogen (secondary N) is 1. The molecule has 0 bridgehead atoms. The summed E-state index contributed by atoms with van der Waals surface area (Å²) in [5.74, 6) is -0.198. The third-order valence-electron chi connectivity index (χ3n) is 4.31. The second-order valence-corrected chi connectivity index (χ2v) is 6.51. The van der Waals surface area contributed by atoms with E-state index < -0.39 is 0 Å². The fourth-order valence-electron chi connectivity index (χ4n) is 2.95. The summed E-state index contributed by atoms with van der Waals surface area (Å²) in [6.45, 7) is 0. The van der Waals surface area contributed by atoms with E-state index in [-0.39, 0.29) is 17.1 Å². The quantitative estimate of drug-likeness (QED) is 0.583. The monoisotopic (exact) mass is 364 g/mol. The average molecular weight is 365 g/mol. The molecule has 3 nitrogen and oxygen atoms in total. The Hall–Kier alpha value is -2.65. The minimum atomic E-state index is -0.198. The van der Waals surface area contributed by atoms with Crippen LogP contribution in [0.3, 0.4) is 0 Å². The maximum Gasteiger partial charge on any atom is 0.254 e. The van der Waals surface area contributed by atoms with E-state index in [4.69, 9.17) is 11.6 Å². The molecule has 0 fully saturated rings. The highest BCUT2D eigenvalue weighted by molar-refractivity contribution is 6.32. The molecule has 0 saturated carbocycles. The highest BCUT2D eigenvalue weighted by Crippen LogP contribution is 2.21. The summed E-state index contributed by atoms with van der Waals surface area (Å²) in [5.41, 5.74) is 2.80. The number of rotatable bonds is 7. The minimum Gasteiger partial charge on any atom is -0.345 e. The van der Waals surface area contributed by atoms with Crippen LogP contribution in [-0.2, 0) is 6.42 Å². The lowest BCUT2D eigenvalue weighted by molar-refractivity contribution is 0.0934. The largest absolute Gasteiger partial charge is 0.345 e. The molecule has 0 saturated heterocycles. The molecule has 0 aliphatic carbocycles. The number of carbonyl (C=O) groups excluding carboxylic acids is 1. The van der Waals surface area contributed by atoms with E-state index in [1.54, 1.807) is 18.3 Å². The van der Waals surface area contributed by atoms with E-state index in [2.05, 4.69) is 34.6 Å². The molecule has 3 aromatic rings. The summed E-state index contributed by atoms with van der Waals surface area (Å²) < 4.78 is 0. The number of hydrogen-bond acceptors (Lipinski definition) is 2. The lowest BCUT2D eigenvalue weighted by Gasteiger charge is -2.19. The number of nitrogens with zero attached hydrogens (tertiary/aromatic N) is 1. The van der Waals surface area contributed by atoms with Crippen LogP contribution in [0.4, 0.5) is 0 Å². The molecule has 132 valence electrons. The molecule has 0 radical (unpaired) electrons. The van der Waals surface area contributed by atoms with Gasteiger partial charge in [0.25, 0.3) is 5.91 Å². The highest BCUT2D eigenvalue weighted by atomic mass is 35.5. The van der Waals surface area contributed by atoms with E-state index >= 15 is 0 Å². The van der Waals surface area contributed by atoms with Crippen molar-refractivity contribution in [3.05, 3.63) is 101 Å². The molecule has 2 aromatic carbocycles. The molecule has 4 heteroatoms. The predicted octanol–water partition coefficient (Wildman–Crippen LogP) is 5.23. The summed E-state index contributed by atoms with van der Waals surface area (Å²) in [4.78, 5) is 16.6. The standard InChI is InChI=1S/C22H21ClN2O/c23-21-19(14-8-16-24-21)22(26)25-20(18-12-5-2-6-13-18)15-7-11-17-9-3-1-4-10-17/h1-6,8-10,12-14,16,20H,7,11,15H2,(H,25,26). The molecule has 1 atom stereocenters. The summed E-state index contributed by atoms with van der Waals surface area (Å²) in [6.07, 6.45) is 4.38. The molecule has 0 aliphatic rings. The first-order chi connectivity index (χ1) is 12.7. The van der Waals surface area contributed by atoms with Crippen LogP contribution >= 0.6 is 11.6 Å². The Labute approximate surface area is 159 Å². The van der Waals surface area contributed by atoms with Crippen molar-refractivity contribution in [2.24, 2.45) is 0 Å². The summed E-state index contributed by atoms with van der Waals surface area (Å²) in [7, 11) is 0. The second kappa shape index (κ2) is 9.16. The first-order valence-electron chi connectivity index (χ1n) is 8.74. The molecule has 1 heterocycles. The molecular formula is C22H21ClN2O. The lowest BCUT2D eigenvalue weighted by Crippen LogP contribution is -2.29. The third-order valence-corrected chi connectivity index (χ3v) is 4.61. The number of aromatic nitrogens is 1. The van der Waals surface area contributed by atoms with Gasteiger partial charge in [0.1, 0.15) is 5.15 Å². The minimum absolute atomic E-state index is 0.0660. The third kappa shape index (κ3) is 4.93. The maximum atomic E-state index is 12.6. The van der Waals surface area contributed by atoms with E-state index in [1.807, 2.05) is 36.4 Å². The SMILES string of the molecule is O=C(NC(CCCc1ccccc1)c1ccccc1)c1cccnc1Cl. The highest BCUT2D eigenvalue weighted by Gasteiger charge is 2.17. The van der Waals surface area contributed by atoms with Crippen molar-refractivity contribution in [1.82, 2.24) is 10.3 Å². The Kier molecular flexibility index (Phi) is 6.39. The van der Waals surface area contributed by atoms with Crippen molar-refractivity contribution in [2.45, 2.75) is 25.3 Å². The molecule has 1 amide bonds. The van der Waals surface area contributed by atoms with Gasteiger partial charge in [0, 0.05) is 6.20 Å². The van der Waals surface area contributed by atoms with Crippen molar-refractivity contribution in [3.63, 3.8) is 0 Å². The van der Waals surface area contributed by atoms with Gasteiger partial charge in [-0.25, -0.2) is 4.98 Å². The number of halogens is 1. The molecule has 26 heavy (non-hydrogen) atoms. The molecule has 1 N–H and O–H groups in total. The molecular weight excluding hydrogens is 344 g/mol. The first kappa shape index (κ1) is 18.2. The molecule has 0 spiro atoms. The number of aryl methyl sites for hydroxylation is 1. The van der Waals surface area contributed by atoms with Gasteiger partial charge in [-0.2, -0.15) is 0 Å². The summed E-state index contributed by atoms with van der Waals surface area (Å²) in [6, 6.07) is 23.8. The van der Waals surface area contributed by atoms with E-state index in [0.29, 0.717) is 5.56 Å². The topological polar surface area (TPSA) is 42.0 Å². The van der Waals surface area contributed by atoms with Crippen molar-refractivity contribution in [1.29, 1.82) is 0 Å². The zero-order chi connectivity index (χ0) is 18.2. The zero-order valence-corrected chi connectivity index (χ0v) is 15.2. The summed E-state index contributed by atoms with van der Waals surface area (Å²) in [5, 5.41) is 3.34. The van der Waals surface area contributed by atoms with Gasteiger partial charge in [0.05, 0.1) is 11.6 Å². The van der Waals surface area contributed by atoms with Gasteiger partial charge in [0.2, 0.25) is 0 Å². The van der Waals surface area contributed by atoms with Crippen LogP contribution < -0.4 is 5.32 Å². The normalized spacial score (nSPS) is 11.7. The first-order valence-corrected chi connectivity index (χ1v) is 9.12. The Bertz CT molecular complexity index is 837. The van der Waals surface area contributed by atoms with E-state index in [0.717, 1.165) is 24.8 Å². The average Bonchev–Trinajstić information content (AvgIpc) is 2.69. The number of amides is 1. The van der Waals surface area contributed by atoms with Gasteiger partial charge < -0.3 is 5.32 Å². The zero-order valence-electron chi connectivity index (χ0n) is 14.4. The fraction of sp³-hybridized carbons (Fsp3) is 0.182. The van der Waals surface area contributed by atoms with Crippen molar-refractivity contribution in [3.8, 4) is 0 Å². The second-order valence-electron chi connectivity index (χ2n) is 6.16. The van der Waals surface area contributed by atoms with Gasteiger partial charge in [-0.3, -0.25) is 4.79 Å². The fourth-order valence-corrected chi connectivity index (χ4v) is 3.16. The number of benzene rings is 2. The van der Waals surface area contributed by atoms with Crippen LogP contribution in [0.5, 0.6) is 0 Å². The number of carbonyl (C=O) groups is 1. The van der Waals surface area contributed by atoms with Gasteiger partial charge in [0.15, 0.2) is 0 Å². The Balaban J connectivity index is 1.69. The van der Waals surface area contributed by atoms with E-state index in [1.165, 1.54) is 5.56 Å².